The number of hydrogen-bond donors (Lipinski definition) is 1. The lowest BCUT2D eigenvalue weighted by Crippen LogP contribution is -2.23. The molecule has 1 fully saturated rings. The summed E-state index contributed by atoms with van der Waals surface area (Å²) in [4.78, 5) is 4.38. The maximum atomic E-state index is 5.97. The molecule has 0 bridgehead atoms. The molecular weight excluding hydrogens is 224 g/mol. The first-order chi connectivity index (χ1) is 8.69. The van der Waals surface area contributed by atoms with Gasteiger partial charge in [0.05, 0.1) is 18.0 Å². The van der Waals surface area contributed by atoms with Crippen LogP contribution in [0.25, 0.3) is 0 Å². The van der Waals surface area contributed by atoms with E-state index in [2.05, 4.69) is 18.8 Å². The molecule has 0 aromatic carbocycles. The van der Waals surface area contributed by atoms with Crippen molar-refractivity contribution < 1.29 is 4.74 Å². The van der Waals surface area contributed by atoms with Crippen LogP contribution in [-0.2, 0) is 0 Å². The van der Waals surface area contributed by atoms with Crippen LogP contribution in [0, 0.1) is 5.92 Å². The highest BCUT2D eigenvalue weighted by Gasteiger charge is 2.19. The van der Waals surface area contributed by atoms with Gasteiger partial charge >= 0.3 is 0 Å². The van der Waals surface area contributed by atoms with Crippen LogP contribution in [0.5, 0.6) is 5.75 Å². The monoisotopic (exact) mass is 248 g/mol. The van der Waals surface area contributed by atoms with Gasteiger partial charge in [-0.15, -0.1) is 0 Å². The van der Waals surface area contributed by atoms with E-state index in [1.165, 1.54) is 12.8 Å². The van der Waals surface area contributed by atoms with Gasteiger partial charge in [0.25, 0.3) is 0 Å². The number of aromatic nitrogens is 1. The number of nitrogens with two attached hydrogens (primary N) is 1. The van der Waals surface area contributed by atoms with Crippen LogP contribution in [0.2, 0.25) is 0 Å². The van der Waals surface area contributed by atoms with E-state index in [1.54, 1.807) is 0 Å². The molecule has 1 aliphatic rings. The molecule has 0 unspecified atom stereocenters. The van der Waals surface area contributed by atoms with Gasteiger partial charge in [-0.1, -0.05) is 13.8 Å². The van der Waals surface area contributed by atoms with Gasteiger partial charge in [0, 0.05) is 6.04 Å². The molecule has 1 aliphatic carbocycles. The Morgan fingerprint density at radius 3 is 2.61 bits per heavy atom. The Morgan fingerprint density at radius 2 is 2.06 bits per heavy atom. The van der Waals surface area contributed by atoms with Crippen LogP contribution in [0.4, 0.5) is 0 Å². The lowest BCUT2D eigenvalue weighted by molar-refractivity contribution is 0.135. The number of ether oxygens (including phenoxy) is 1. The van der Waals surface area contributed by atoms with Gasteiger partial charge in [-0.05, 0) is 50.2 Å². The molecule has 2 rings (SSSR count). The van der Waals surface area contributed by atoms with Crippen molar-refractivity contribution in [1.29, 1.82) is 0 Å². The van der Waals surface area contributed by atoms with Crippen molar-refractivity contribution in [2.75, 3.05) is 0 Å². The van der Waals surface area contributed by atoms with E-state index in [1.807, 2.05) is 18.3 Å². The SMILES string of the molecule is CC[C@H](N)c1ccc(OC2CCC(C)CC2)cn1. The third-order valence-corrected chi connectivity index (χ3v) is 3.84. The summed E-state index contributed by atoms with van der Waals surface area (Å²) in [6, 6.07) is 4.01. The van der Waals surface area contributed by atoms with Gasteiger partial charge in [-0.25, -0.2) is 0 Å². The fraction of sp³-hybridized carbons (Fsp3) is 0.667. The molecule has 3 nitrogen and oxygen atoms in total. The molecule has 1 aromatic rings. The second kappa shape index (κ2) is 6.19. The average molecular weight is 248 g/mol. The number of hydrogen-bond acceptors (Lipinski definition) is 3. The first-order valence-electron chi connectivity index (χ1n) is 7.07. The Kier molecular flexibility index (Phi) is 4.59. The summed E-state index contributed by atoms with van der Waals surface area (Å²) < 4.78 is 5.97. The molecule has 18 heavy (non-hydrogen) atoms. The average Bonchev–Trinajstić information content (AvgIpc) is 2.41. The van der Waals surface area contributed by atoms with Crippen LogP contribution in [-0.4, -0.2) is 11.1 Å². The molecule has 100 valence electrons. The van der Waals surface area contributed by atoms with Crippen molar-refractivity contribution in [3.63, 3.8) is 0 Å². The van der Waals surface area contributed by atoms with Crippen molar-refractivity contribution in [2.24, 2.45) is 11.7 Å². The minimum Gasteiger partial charge on any atom is -0.489 e. The van der Waals surface area contributed by atoms with Crippen molar-refractivity contribution in [3.05, 3.63) is 24.0 Å². The van der Waals surface area contributed by atoms with Crippen molar-refractivity contribution in [2.45, 2.75) is 58.1 Å². The minimum absolute atomic E-state index is 0.0366. The molecule has 1 aromatic heterocycles. The first kappa shape index (κ1) is 13.3. The minimum atomic E-state index is 0.0366. The molecule has 1 atom stereocenters. The van der Waals surface area contributed by atoms with Gasteiger partial charge in [-0.3, -0.25) is 4.98 Å². The molecule has 2 N–H and O–H groups in total. The molecule has 3 heteroatoms. The highest BCUT2D eigenvalue weighted by atomic mass is 16.5. The van der Waals surface area contributed by atoms with Crippen molar-refractivity contribution in [1.82, 2.24) is 4.98 Å². The quantitative estimate of drug-likeness (QED) is 0.887. The standard InChI is InChI=1S/C15H24N2O/c1-3-14(16)15-9-8-13(10-17-15)18-12-6-4-11(2)5-7-12/h8-12,14H,3-7,16H2,1-2H3/t11?,12?,14-/m0/s1. The van der Waals surface area contributed by atoms with E-state index in [-0.39, 0.29) is 6.04 Å². The third kappa shape index (κ3) is 3.45. The largest absolute Gasteiger partial charge is 0.489 e. The molecular formula is C15H24N2O. The Hall–Kier alpha value is -1.09. The molecule has 1 heterocycles. The molecule has 1 saturated carbocycles. The van der Waals surface area contributed by atoms with Gasteiger partial charge in [0.15, 0.2) is 0 Å². The van der Waals surface area contributed by atoms with E-state index in [9.17, 15) is 0 Å². The molecule has 0 radical (unpaired) electrons. The summed E-state index contributed by atoms with van der Waals surface area (Å²) in [5, 5.41) is 0. The topological polar surface area (TPSA) is 48.1 Å². The Morgan fingerprint density at radius 1 is 1.33 bits per heavy atom. The van der Waals surface area contributed by atoms with E-state index < -0.39 is 0 Å². The number of pyridine rings is 1. The summed E-state index contributed by atoms with van der Waals surface area (Å²) in [7, 11) is 0. The zero-order valence-corrected chi connectivity index (χ0v) is 11.4. The van der Waals surface area contributed by atoms with Gasteiger partial charge < -0.3 is 10.5 Å². The lowest BCUT2D eigenvalue weighted by atomic mass is 9.89. The predicted octanol–water partition coefficient (Wildman–Crippen LogP) is 3.45. The summed E-state index contributed by atoms with van der Waals surface area (Å²) in [5.41, 5.74) is 6.89. The first-order valence-corrected chi connectivity index (χ1v) is 7.07. The van der Waals surface area contributed by atoms with Crippen LogP contribution >= 0.6 is 0 Å². The lowest BCUT2D eigenvalue weighted by Gasteiger charge is -2.26. The second-order valence-corrected chi connectivity index (χ2v) is 5.43. The summed E-state index contributed by atoms with van der Waals surface area (Å²) in [6.45, 7) is 4.39. The van der Waals surface area contributed by atoms with Gasteiger partial charge in [0.1, 0.15) is 5.75 Å². The predicted molar refractivity (Wildman–Crippen MR) is 73.5 cm³/mol. The molecule has 0 spiro atoms. The van der Waals surface area contributed by atoms with E-state index in [0.29, 0.717) is 6.10 Å². The zero-order chi connectivity index (χ0) is 13.0. The smallest absolute Gasteiger partial charge is 0.138 e. The van der Waals surface area contributed by atoms with Crippen LogP contribution in [0.15, 0.2) is 18.3 Å². The van der Waals surface area contributed by atoms with Crippen molar-refractivity contribution >= 4 is 0 Å². The summed E-state index contributed by atoms with van der Waals surface area (Å²) in [6.07, 6.45) is 7.97. The Bertz CT molecular complexity index is 355. The molecule has 0 aliphatic heterocycles. The number of rotatable bonds is 4. The number of nitrogens with zero attached hydrogens (tertiary/aromatic N) is 1. The summed E-state index contributed by atoms with van der Waals surface area (Å²) in [5.74, 6) is 1.73. The maximum absolute atomic E-state index is 5.97. The zero-order valence-electron chi connectivity index (χ0n) is 11.4. The third-order valence-electron chi connectivity index (χ3n) is 3.84. The van der Waals surface area contributed by atoms with E-state index >= 15 is 0 Å². The summed E-state index contributed by atoms with van der Waals surface area (Å²) >= 11 is 0. The van der Waals surface area contributed by atoms with Crippen LogP contribution < -0.4 is 10.5 Å². The van der Waals surface area contributed by atoms with Gasteiger partial charge in [0.2, 0.25) is 0 Å². The van der Waals surface area contributed by atoms with E-state index in [4.69, 9.17) is 10.5 Å². The van der Waals surface area contributed by atoms with Crippen LogP contribution in [0.3, 0.4) is 0 Å². The van der Waals surface area contributed by atoms with Crippen molar-refractivity contribution in [3.8, 4) is 5.75 Å². The maximum Gasteiger partial charge on any atom is 0.138 e. The highest BCUT2D eigenvalue weighted by Crippen LogP contribution is 2.27. The second-order valence-electron chi connectivity index (χ2n) is 5.43. The molecule has 0 saturated heterocycles. The fourth-order valence-corrected chi connectivity index (χ4v) is 2.43. The highest BCUT2D eigenvalue weighted by molar-refractivity contribution is 5.21. The fourth-order valence-electron chi connectivity index (χ4n) is 2.43. The van der Waals surface area contributed by atoms with Gasteiger partial charge in [-0.2, -0.15) is 0 Å². The van der Waals surface area contributed by atoms with Crippen LogP contribution in [0.1, 0.15) is 57.7 Å². The normalized spacial score (nSPS) is 25.7. The Labute approximate surface area is 110 Å². The van der Waals surface area contributed by atoms with E-state index in [0.717, 1.165) is 36.6 Å². The Balaban J connectivity index is 1.90. The molecule has 0 amide bonds.